The lowest BCUT2D eigenvalue weighted by atomic mass is 9.83. The fourth-order valence-electron chi connectivity index (χ4n) is 8.93. The first-order valence-corrected chi connectivity index (χ1v) is 21.3. The third-order valence-electron chi connectivity index (χ3n) is 12.0. The monoisotopic (exact) mass is 812 g/mol. The van der Waals surface area contributed by atoms with Crippen molar-refractivity contribution >= 4 is 44.6 Å². The van der Waals surface area contributed by atoms with E-state index >= 15 is 0 Å². The fraction of sp³-hybridized carbons (Fsp3) is 0.161. The van der Waals surface area contributed by atoms with Gasteiger partial charge in [0.2, 0.25) is 0 Å². The molecule has 62 heavy (non-hydrogen) atoms. The lowest BCUT2D eigenvalue weighted by molar-refractivity contribution is 0.483. The number of para-hydroxylation sites is 4. The number of hydrogen-bond donors (Lipinski definition) is 0. The molecule has 0 amide bonds. The van der Waals surface area contributed by atoms with E-state index in [0.29, 0.717) is 6.67 Å². The predicted octanol–water partition coefficient (Wildman–Crippen LogP) is 15.3. The van der Waals surface area contributed by atoms with Crippen molar-refractivity contribution in [2.45, 2.75) is 52.4 Å². The molecule has 0 aliphatic carbocycles. The van der Waals surface area contributed by atoms with Crippen LogP contribution in [-0.4, -0.2) is 16.2 Å². The molecule has 1 aliphatic rings. The Morgan fingerprint density at radius 2 is 1.24 bits per heavy atom. The van der Waals surface area contributed by atoms with Gasteiger partial charge in [-0.15, -0.1) is 0 Å². The second kappa shape index (κ2) is 15.1. The summed E-state index contributed by atoms with van der Waals surface area (Å²) in [6.45, 7) is 14.0. The summed E-state index contributed by atoms with van der Waals surface area (Å²) in [5.41, 5.74) is 12.9. The molecule has 0 fully saturated rings. The molecule has 0 radical (unpaired) electrons. The number of ether oxygens (including phenoxy) is 1. The minimum Gasteiger partial charge on any atom is -0.457 e. The first-order chi connectivity index (χ1) is 29.9. The summed E-state index contributed by atoms with van der Waals surface area (Å²) in [4.78, 5) is 9.69. The average molecular weight is 813 g/mol. The Hall–Kier alpha value is -7.18. The molecule has 9 aromatic rings. The van der Waals surface area contributed by atoms with E-state index in [1.165, 1.54) is 16.5 Å². The van der Waals surface area contributed by atoms with E-state index in [2.05, 4.69) is 195 Å². The number of fused-ring (bicyclic) bond motifs is 4. The molecule has 5 nitrogen and oxygen atoms in total. The Labute approximate surface area is 363 Å². The van der Waals surface area contributed by atoms with Crippen LogP contribution < -0.4 is 14.5 Å². The van der Waals surface area contributed by atoms with Crippen LogP contribution in [0.4, 0.5) is 27.1 Å². The SMILES string of the molecule is CC(C)(C)c1ccnc(-n2c3ccccc3c3ccc(Oc4cc(-c5ccccc5)cc(N5CN(c6c(-c7ccc(F)cc7)cccc6C(C)(C)C)c6ccccc65)c4)cc32)c1. The largest absolute Gasteiger partial charge is 0.457 e. The van der Waals surface area contributed by atoms with Gasteiger partial charge in [0.05, 0.1) is 28.1 Å². The number of aromatic nitrogens is 2. The molecule has 0 saturated carbocycles. The number of hydrogen-bond acceptors (Lipinski definition) is 4. The van der Waals surface area contributed by atoms with Gasteiger partial charge in [0.1, 0.15) is 29.8 Å². The quantitative estimate of drug-likeness (QED) is 0.161. The third kappa shape index (κ3) is 7.05. The number of rotatable bonds is 7. The average Bonchev–Trinajstić information content (AvgIpc) is 3.82. The second-order valence-electron chi connectivity index (χ2n) is 18.3. The molecule has 3 heterocycles. The van der Waals surface area contributed by atoms with E-state index in [0.717, 1.165) is 78.7 Å². The van der Waals surface area contributed by atoms with Gasteiger partial charge in [0, 0.05) is 40.4 Å². The molecule has 306 valence electrons. The lowest BCUT2D eigenvalue weighted by Gasteiger charge is -2.32. The Balaban J connectivity index is 1.10. The summed E-state index contributed by atoms with van der Waals surface area (Å²) in [5, 5.41) is 2.30. The molecule has 2 aromatic heterocycles. The number of benzene rings is 7. The highest BCUT2D eigenvalue weighted by Gasteiger charge is 2.33. The van der Waals surface area contributed by atoms with Crippen LogP contribution in [0.1, 0.15) is 52.7 Å². The molecule has 0 bridgehead atoms. The third-order valence-corrected chi connectivity index (χ3v) is 12.0. The van der Waals surface area contributed by atoms with Crippen LogP contribution in [0, 0.1) is 5.82 Å². The van der Waals surface area contributed by atoms with Gasteiger partial charge in [-0.1, -0.05) is 133 Å². The highest BCUT2D eigenvalue weighted by Crippen LogP contribution is 2.51. The van der Waals surface area contributed by atoms with Gasteiger partial charge in [0.15, 0.2) is 0 Å². The predicted molar refractivity (Wildman–Crippen MR) is 255 cm³/mol. The van der Waals surface area contributed by atoms with Gasteiger partial charge >= 0.3 is 0 Å². The normalized spacial score (nSPS) is 13.0. The zero-order valence-corrected chi connectivity index (χ0v) is 36.0. The molecule has 0 saturated heterocycles. The summed E-state index contributed by atoms with van der Waals surface area (Å²) < 4.78 is 23.5. The first kappa shape index (κ1) is 39.0. The zero-order chi connectivity index (χ0) is 42.8. The zero-order valence-electron chi connectivity index (χ0n) is 36.0. The van der Waals surface area contributed by atoms with Crippen molar-refractivity contribution in [1.82, 2.24) is 9.55 Å². The molecule has 0 atom stereocenters. The number of halogens is 1. The van der Waals surface area contributed by atoms with Crippen molar-refractivity contribution in [2.24, 2.45) is 0 Å². The van der Waals surface area contributed by atoms with Crippen molar-refractivity contribution in [3.05, 3.63) is 193 Å². The molecular weight excluding hydrogens is 764 g/mol. The lowest BCUT2D eigenvalue weighted by Crippen LogP contribution is -2.27. The van der Waals surface area contributed by atoms with E-state index in [4.69, 9.17) is 9.72 Å². The Morgan fingerprint density at radius 1 is 0.532 bits per heavy atom. The van der Waals surface area contributed by atoms with Crippen LogP contribution in [0.15, 0.2) is 176 Å². The highest BCUT2D eigenvalue weighted by atomic mass is 19.1. The van der Waals surface area contributed by atoms with Gasteiger partial charge in [-0.05, 0) is 105 Å². The van der Waals surface area contributed by atoms with Crippen molar-refractivity contribution in [3.8, 4) is 39.6 Å². The molecule has 0 spiro atoms. The van der Waals surface area contributed by atoms with Crippen LogP contribution in [-0.2, 0) is 10.8 Å². The van der Waals surface area contributed by atoms with Crippen LogP contribution in [0.3, 0.4) is 0 Å². The van der Waals surface area contributed by atoms with E-state index in [9.17, 15) is 4.39 Å². The van der Waals surface area contributed by atoms with E-state index in [-0.39, 0.29) is 16.6 Å². The van der Waals surface area contributed by atoms with Gasteiger partial charge in [0.25, 0.3) is 0 Å². The minimum atomic E-state index is -0.249. The molecule has 7 aromatic carbocycles. The summed E-state index contributed by atoms with van der Waals surface area (Å²) >= 11 is 0. The molecular formula is C56H49FN4O. The van der Waals surface area contributed by atoms with Gasteiger partial charge in [-0.3, -0.25) is 4.57 Å². The highest BCUT2D eigenvalue weighted by molar-refractivity contribution is 6.09. The number of anilines is 4. The standard InChI is InChI=1S/C56H49FN4O/c1-55(2,3)40-29-30-58-53(33-40)61-49-20-11-10-17-46(49)47-28-27-43(35-52(47)61)62-44-32-39(37-15-8-7-9-16-37)31-42(34-44)59-36-60(51-22-13-12-21-50(51)59)54-45(38-23-25-41(57)26-24-38)18-14-19-48(54)56(4,5)6/h7-35H,36H2,1-6H3. The fourth-order valence-corrected chi connectivity index (χ4v) is 8.93. The number of nitrogens with zero attached hydrogens (tertiary/aromatic N) is 4. The van der Waals surface area contributed by atoms with E-state index < -0.39 is 0 Å². The molecule has 1 aliphatic heterocycles. The van der Waals surface area contributed by atoms with Gasteiger partial charge < -0.3 is 14.5 Å². The van der Waals surface area contributed by atoms with Crippen LogP contribution in [0.5, 0.6) is 11.5 Å². The van der Waals surface area contributed by atoms with Crippen molar-refractivity contribution in [2.75, 3.05) is 16.5 Å². The van der Waals surface area contributed by atoms with Crippen molar-refractivity contribution in [1.29, 1.82) is 0 Å². The van der Waals surface area contributed by atoms with Crippen molar-refractivity contribution in [3.63, 3.8) is 0 Å². The minimum absolute atomic E-state index is 0.0278. The number of pyridine rings is 1. The van der Waals surface area contributed by atoms with Crippen molar-refractivity contribution < 1.29 is 9.13 Å². The molecule has 0 N–H and O–H groups in total. The summed E-state index contributed by atoms with van der Waals surface area (Å²) in [5.74, 6) is 2.09. The van der Waals surface area contributed by atoms with Crippen LogP contribution >= 0.6 is 0 Å². The van der Waals surface area contributed by atoms with E-state index in [1.54, 1.807) is 12.1 Å². The Morgan fingerprint density at radius 3 is 2.00 bits per heavy atom. The van der Waals surface area contributed by atoms with Gasteiger partial charge in [-0.25, -0.2) is 9.37 Å². The maximum absolute atomic E-state index is 14.3. The Bertz CT molecular complexity index is 3120. The maximum Gasteiger partial charge on any atom is 0.137 e. The molecule has 0 unspecified atom stereocenters. The van der Waals surface area contributed by atoms with Crippen LogP contribution in [0.2, 0.25) is 0 Å². The first-order valence-electron chi connectivity index (χ1n) is 21.3. The molecule has 6 heteroatoms. The smallest absolute Gasteiger partial charge is 0.137 e. The van der Waals surface area contributed by atoms with Gasteiger partial charge in [-0.2, -0.15) is 0 Å². The Kier molecular flexibility index (Phi) is 9.48. The summed E-state index contributed by atoms with van der Waals surface area (Å²) in [6, 6.07) is 58.2. The maximum atomic E-state index is 14.3. The van der Waals surface area contributed by atoms with E-state index in [1.807, 2.05) is 24.4 Å². The summed E-state index contributed by atoms with van der Waals surface area (Å²) in [7, 11) is 0. The summed E-state index contributed by atoms with van der Waals surface area (Å²) in [6.07, 6.45) is 1.91. The molecule has 10 rings (SSSR count). The van der Waals surface area contributed by atoms with Crippen LogP contribution in [0.25, 0.3) is 49.9 Å². The topological polar surface area (TPSA) is 33.5 Å². The second-order valence-corrected chi connectivity index (χ2v) is 18.3.